The molecule has 3 rings (SSSR count). The molecule has 2 amide bonds. The summed E-state index contributed by atoms with van der Waals surface area (Å²) in [6, 6.07) is 16.6. The number of carbonyl (C=O) groups excluding carboxylic acids is 2. The molecule has 0 bridgehead atoms. The number of ether oxygens (including phenoxy) is 1. The molecule has 178 valence electrons. The standard InChI is InChI=1S/C25H22F4N2O3/c1-34-21-12-11-19(15-20(21)26)31(14-13-16-7-9-18(10-8-16)25(27,28)29)24(33)22(23(30)32)17-5-3-2-4-6-17/h2-12,15,22H,13-14H2,1H3,(H2,30,32). The van der Waals surface area contributed by atoms with E-state index >= 15 is 0 Å². The summed E-state index contributed by atoms with van der Waals surface area (Å²) in [5.74, 6) is -3.66. The maximum atomic E-state index is 14.4. The van der Waals surface area contributed by atoms with E-state index in [-0.39, 0.29) is 24.4 Å². The third-order valence-electron chi connectivity index (χ3n) is 5.28. The first-order valence-electron chi connectivity index (χ1n) is 10.3. The fourth-order valence-corrected chi connectivity index (χ4v) is 3.52. The number of hydrogen-bond acceptors (Lipinski definition) is 3. The largest absolute Gasteiger partial charge is 0.494 e. The fourth-order valence-electron chi connectivity index (χ4n) is 3.52. The second kappa shape index (κ2) is 10.4. The molecule has 2 N–H and O–H groups in total. The second-order valence-electron chi connectivity index (χ2n) is 7.50. The molecule has 3 aromatic rings. The van der Waals surface area contributed by atoms with Gasteiger partial charge in [0.1, 0.15) is 5.92 Å². The zero-order valence-corrected chi connectivity index (χ0v) is 18.2. The van der Waals surface area contributed by atoms with Crippen LogP contribution in [0, 0.1) is 5.82 Å². The Balaban J connectivity index is 1.94. The molecule has 3 aromatic carbocycles. The average molecular weight is 474 g/mol. The Hall–Kier alpha value is -3.88. The minimum absolute atomic E-state index is 0.0339. The number of rotatable bonds is 8. The number of benzene rings is 3. The van der Waals surface area contributed by atoms with Crippen molar-refractivity contribution in [2.45, 2.75) is 18.5 Å². The Kier molecular flexibility index (Phi) is 7.55. The number of methoxy groups -OCH3 is 1. The molecule has 0 aromatic heterocycles. The Bertz CT molecular complexity index is 1150. The lowest BCUT2D eigenvalue weighted by Gasteiger charge is -2.27. The van der Waals surface area contributed by atoms with Crippen LogP contribution < -0.4 is 15.4 Å². The Morgan fingerprint density at radius 1 is 1.00 bits per heavy atom. The van der Waals surface area contributed by atoms with Crippen LogP contribution in [0.1, 0.15) is 22.6 Å². The molecule has 0 fully saturated rings. The summed E-state index contributed by atoms with van der Waals surface area (Å²) >= 11 is 0. The predicted molar refractivity (Wildman–Crippen MR) is 119 cm³/mol. The molecule has 0 heterocycles. The van der Waals surface area contributed by atoms with Gasteiger partial charge in [0.05, 0.1) is 12.7 Å². The highest BCUT2D eigenvalue weighted by molar-refractivity contribution is 6.11. The zero-order chi connectivity index (χ0) is 24.9. The minimum atomic E-state index is -4.47. The van der Waals surface area contributed by atoms with Gasteiger partial charge in [0, 0.05) is 18.3 Å². The number of carbonyl (C=O) groups is 2. The minimum Gasteiger partial charge on any atom is -0.494 e. The van der Waals surface area contributed by atoms with Crippen molar-refractivity contribution in [1.82, 2.24) is 0 Å². The highest BCUT2D eigenvalue weighted by Crippen LogP contribution is 2.30. The van der Waals surface area contributed by atoms with Crippen molar-refractivity contribution in [3.8, 4) is 5.75 Å². The molecular weight excluding hydrogens is 452 g/mol. The Labute approximate surface area is 193 Å². The molecule has 0 saturated heterocycles. The van der Waals surface area contributed by atoms with Crippen molar-refractivity contribution in [1.29, 1.82) is 0 Å². The molecule has 0 saturated carbocycles. The molecule has 0 radical (unpaired) electrons. The van der Waals surface area contributed by atoms with Crippen LogP contribution in [0.4, 0.5) is 23.2 Å². The van der Waals surface area contributed by atoms with Gasteiger partial charge in [0.2, 0.25) is 11.8 Å². The van der Waals surface area contributed by atoms with Crippen LogP contribution in [0.25, 0.3) is 0 Å². The average Bonchev–Trinajstić information content (AvgIpc) is 2.79. The van der Waals surface area contributed by atoms with E-state index in [0.29, 0.717) is 11.1 Å². The number of alkyl halides is 3. The first kappa shape index (κ1) is 24.8. The van der Waals surface area contributed by atoms with E-state index in [9.17, 15) is 27.2 Å². The summed E-state index contributed by atoms with van der Waals surface area (Å²) in [5, 5.41) is 0. The highest BCUT2D eigenvalue weighted by atomic mass is 19.4. The van der Waals surface area contributed by atoms with Crippen LogP contribution >= 0.6 is 0 Å². The van der Waals surface area contributed by atoms with Crippen LogP contribution in [-0.4, -0.2) is 25.5 Å². The number of nitrogens with two attached hydrogens (primary N) is 1. The molecule has 5 nitrogen and oxygen atoms in total. The van der Waals surface area contributed by atoms with E-state index in [2.05, 4.69) is 0 Å². The fraction of sp³-hybridized carbons (Fsp3) is 0.200. The van der Waals surface area contributed by atoms with Crippen LogP contribution in [0.3, 0.4) is 0 Å². The van der Waals surface area contributed by atoms with Crippen molar-refractivity contribution < 1.29 is 31.9 Å². The van der Waals surface area contributed by atoms with E-state index in [4.69, 9.17) is 10.5 Å². The van der Waals surface area contributed by atoms with Gasteiger partial charge in [-0.2, -0.15) is 13.2 Å². The Morgan fingerprint density at radius 3 is 2.18 bits per heavy atom. The van der Waals surface area contributed by atoms with Crippen molar-refractivity contribution >= 4 is 17.5 Å². The summed E-state index contributed by atoms with van der Waals surface area (Å²) in [6.45, 7) is -0.0351. The zero-order valence-electron chi connectivity index (χ0n) is 18.2. The van der Waals surface area contributed by atoms with Crippen LogP contribution in [0.15, 0.2) is 72.8 Å². The monoisotopic (exact) mass is 474 g/mol. The van der Waals surface area contributed by atoms with Gasteiger partial charge >= 0.3 is 6.18 Å². The van der Waals surface area contributed by atoms with E-state index in [1.54, 1.807) is 30.3 Å². The van der Waals surface area contributed by atoms with Gasteiger partial charge in [-0.3, -0.25) is 9.59 Å². The Morgan fingerprint density at radius 2 is 1.65 bits per heavy atom. The van der Waals surface area contributed by atoms with Gasteiger partial charge in [0.25, 0.3) is 0 Å². The third kappa shape index (κ3) is 5.72. The maximum Gasteiger partial charge on any atom is 0.416 e. The van der Waals surface area contributed by atoms with Gasteiger partial charge in [0.15, 0.2) is 11.6 Å². The lowest BCUT2D eigenvalue weighted by atomic mass is 9.96. The number of hydrogen-bond donors (Lipinski definition) is 1. The van der Waals surface area contributed by atoms with E-state index in [1.807, 2.05) is 0 Å². The van der Waals surface area contributed by atoms with Gasteiger partial charge < -0.3 is 15.4 Å². The second-order valence-corrected chi connectivity index (χ2v) is 7.50. The quantitative estimate of drug-likeness (QED) is 0.380. The van der Waals surface area contributed by atoms with Crippen LogP contribution in [-0.2, 0) is 22.2 Å². The number of nitrogens with zero attached hydrogens (tertiary/aromatic N) is 1. The SMILES string of the molecule is COc1ccc(N(CCc2ccc(C(F)(F)F)cc2)C(=O)C(C(N)=O)c2ccccc2)cc1F. The lowest BCUT2D eigenvalue weighted by Crippen LogP contribution is -2.41. The van der Waals surface area contributed by atoms with Gasteiger partial charge in [-0.15, -0.1) is 0 Å². The molecule has 34 heavy (non-hydrogen) atoms. The maximum absolute atomic E-state index is 14.4. The summed E-state index contributed by atoms with van der Waals surface area (Å²) in [4.78, 5) is 26.9. The molecule has 1 unspecified atom stereocenters. The summed E-state index contributed by atoms with van der Waals surface area (Å²) in [6.07, 6.45) is -4.32. The molecule has 0 aliphatic rings. The van der Waals surface area contributed by atoms with Crippen LogP contribution in [0.5, 0.6) is 5.75 Å². The first-order chi connectivity index (χ1) is 16.1. The number of primary amides is 1. The van der Waals surface area contributed by atoms with E-state index in [1.165, 1.54) is 36.3 Å². The number of anilines is 1. The highest BCUT2D eigenvalue weighted by Gasteiger charge is 2.32. The lowest BCUT2D eigenvalue weighted by molar-refractivity contribution is -0.137. The molecule has 0 aliphatic carbocycles. The van der Waals surface area contributed by atoms with E-state index < -0.39 is 35.3 Å². The van der Waals surface area contributed by atoms with Crippen molar-refractivity contribution in [3.63, 3.8) is 0 Å². The summed E-state index contributed by atoms with van der Waals surface area (Å²) in [7, 11) is 1.30. The predicted octanol–water partition coefficient (Wildman–Crippen LogP) is 4.70. The molecule has 9 heteroatoms. The van der Waals surface area contributed by atoms with Crippen LogP contribution in [0.2, 0.25) is 0 Å². The third-order valence-corrected chi connectivity index (χ3v) is 5.28. The topological polar surface area (TPSA) is 72.6 Å². The van der Waals surface area contributed by atoms with E-state index in [0.717, 1.165) is 18.2 Å². The van der Waals surface area contributed by atoms with Crippen molar-refractivity contribution in [2.24, 2.45) is 5.73 Å². The van der Waals surface area contributed by atoms with Crippen molar-refractivity contribution in [2.75, 3.05) is 18.6 Å². The van der Waals surface area contributed by atoms with Gasteiger partial charge in [-0.1, -0.05) is 42.5 Å². The number of halogens is 4. The summed E-state index contributed by atoms with van der Waals surface area (Å²) in [5.41, 5.74) is 5.79. The normalized spacial score (nSPS) is 12.1. The molecular formula is C25H22F4N2O3. The smallest absolute Gasteiger partial charge is 0.416 e. The summed E-state index contributed by atoms with van der Waals surface area (Å²) < 4.78 is 57.9. The first-order valence-corrected chi connectivity index (χ1v) is 10.3. The molecule has 0 spiro atoms. The molecule has 0 aliphatic heterocycles. The number of amides is 2. The van der Waals surface area contributed by atoms with Gasteiger partial charge in [-0.05, 0) is 41.8 Å². The van der Waals surface area contributed by atoms with Gasteiger partial charge in [-0.25, -0.2) is 4.39 Å². The molecule has 1 atom stereocenters. The van der Waals surface area contributed by atoms with Crippen molar-refractivity contribution in [3.05, 3.63) is 95.3 Å².